The molecule has 19 heavy (non-hydrogen) atoms. The number of carbonyl (C=O) groups excluding carboxylic acids is 1. The van der Waals surface area contributed by atoms with Crippen molar-refractivity contribution in [1.29, 1.82) is 0 Å². The third kappa shape index (κ3) is 6.08. The molecule has 0 heterocycles. The van der Waals surface area contributed by atoms with Gasteiger partial charge in [0.05, 0.1) is 6.61 Å². The molecule has 0 radical (unpaired) electrons. The Balaban J connectivity index is 4.32. The van der Waals surface area contributed by atoms with Crippen LogP contribution in [0, 0.1) is 0 Å². The predicted molar refractivity (Wildman–Crippen MR) is 76.6 cm³/mol. The van der Waals surface area contributed by atoms with E-state index in [4.69, 9.17) is 10.2 Å². The van der Waals surface area contributed by atoms with Gasteiger partial charge in [-0.3, -0.25) is 0 Å². The molecule has 114 valence electrons. The van der Waals surface area contributed by atoms with Crippen LogP contribution in [0.4, 0.5) is 0 Å². The minimum Gasteiger partial charge on any atom is -0.461 e. The van der Waals surface area contributed by atoms with Crippen LogP contribution in [0.3, 0.4) is 0 Å². The van der Waals surface area contributed by atoms with Crippen molar-refractivity contribution < 1.29 is 35.1 Å². The highest BCUT2D eigenvalue weighted by Crippen LogP contribution is 2.23. The van der Waals surface area contributed by atoms with E-state index in [1.54, 1.807) is 0 Å². The Morgan fingerprint density at radius 3 is 2.00 bits per heavy atom. The summed E-state index contributed by atoms with van der Waals surface area (Å²) in [5.41, 5.74) is 0. The summed E-state index contributed by atoms with van der Waals surface area (Å²) in [6.45, 7) is -1.42. The predicted octanol–water partition coefficient (Wildman–Crippen LogP) is -2.55. The number of hydrogen-bond acceptors (Lipinski definition) is 10. The minimum absolute atomic E-state index is 0.0252. The monoisotopic (exact) mass is 334 g/mol. The number of rotatable bonds is 8. The zero-order valence-corrected chi connectivity index (χ0v) is 12.5. The van der Waals surface area contributed by atoms with Gasteiger partial charge >= 0.3 is 5.97 Å². The number of carbonyl (C=O) groups is 1. The molecule has 4 atom stereocenters. The highest BCUT2D eigenvalue weighted by atomic mass is 32.2. The zero-order chi connectivity index (χ0) is 15.2. The molecule has 0 aromatic heterocycles. The van der Waals surface area contributed by atoms with Crippen LogP contribution in [-0.4, -0.2) is 79.0 Å². The molecule has 10 heteroatoms. The fourth-order valence-corrected chi connectivity index (χ4v) is 1.26. The second kappa shape index (κ2) is 8.57. The molecule has 0 aromatic carbocycles. The average molecular weight is 334 g/mol. The molecule has 0 bridgehead atoms. The van der Waals surface area contributed by atoms with Crippen LogP contribution in [0.1, 0.15) is 0 Å². The van der Waals surface area contributed by atoms with Gasteiger partial charge in [0.1, 0.15) is 31.0 Å². The summed E-state index contributed by atoms with van der Waals surface area (Å²) in [6.07, 6.45) is -6.83. The number of esters is 1. The summed E-state index contributed by atoms with van der Waals surface area (Å²) >= 11 is 11.6. The minimum atomic E-state index is -1.79. The first-order valence-corrected chi connectivity index (χ1v) is 6.76. The van der Waals surface area contributed by atoms with Crippen LogP contribution in [0.5, 0.6) is 0 Å². The van der Waals surface area contributed by atoms with E-state index in [0.29, 0.717) is 0 Å². The van der Waals surface area contributed by atoms with E-state index in [2.05, 4.69) is 42.6 Å². The summed E-state index contributed by atoms with van der Waals surface area (Å²) in [6, 6.07) is 0. The fraction of sp³-hybridized carbons (Fsp3) is 0.889. The van der Waals surface area contributed by atoms with E-state index in [1.807, 2.05) is 0 Å². The van der Waals surface area contributed by atoms with Crippen molar-refractivity contribution in [3.8, 4) is 0 Å². The normalized spacial score (nSPS) is 18.5. The molecule has 0 spiro atoms. The van der Waals surface area contributed by atoms with Crippen molar-refractivity contribution in [2.75, 3.05) is 19.0 Å². The van der Waals surface area contributed by atoms with E-state index in [9.17, 15) is 20.1 Å². The molecule has 0 saturated heterocycles. The van der Waals surface area contributed by atoms with Crippen LogP contribution in [-0.2, 0) is 9.53 Å². The van der Waals surface area contributed by atoms with E-state index in [0.717, 1.165) is 0 Å². The Morgan fingerprint density at radius 1 is 1.11 bits per heavy atom. The molecule has 7 nitrogen and oxygen atoms in total. The van der Waals surface area contributed by atoms with E-state index in [-0.39, 0.29) is 5.75 Å². The Kier molecular flexibility index (Phi) is 8.72. The molecule has 0 fully saturated rings. The largest absolute Gasteiger partial charge is 0.461 e. The first-order chi connectivity index (χ1) is 8.67. The van der Waals surface area contributed by atoms with Gasteiger partial charge in [0, 0.05) is 5.75 Å². The summed E-state index contributed by atoms with van der Waals surface area (Å²) in [5, 5.41) is 45.9. The molecule has 0 rings (SSSR count). The summed E-state index contributed by atoms with van der Waals surface area (Å²) < 4.78 is 3.19. The highest BCUT2D eigenvalue weighted by Gasteiger charge is 2.34. The van der Waals surface area contributed by atoms with Crippen molar-refractivity contribution in [1.82, 2.24) is 0 Å². The molecular formula is C9H18O7S3. The van der Waals surface area contributed by atoms with Crippen LogP contribution in [0.25, 0.3) is 0 Å². The lowest BCUT2D eigenvalue weighted by Gasteiger charge is -2.26. The van der Waals surface area contributed by atoms with Crippen molar-refractivity contribution in [3.05, 3.63) is 0 Å². The maximum absolute atomic E-state index is 11.4. The lowest BCUT2D eigenvalue weighted by atomic mass is 10.0. The molecule has 5 N–H and O–H groups in total. The third-order valence-electron chi connectivity index (χ3n) is 2.26. The van der Waals surface area contributed by atoms with Crippen molar-refractivity contribution in [2.45, 2.75) is 28.5 Å². The molecule has 0 unspecified atom stereocenters. The van der Waals surface area contributed by atoms with Gasteiger partial charge in [0.2, 0.25) is 0 Å². The number of thiol groups is 3. The van der Waals surface area contributed by atoms with Crippen LogP contribution in [0.2, 0.25) is 0 Å². The van der Waals surface area contributed by atoms with E-state index >= 15 is 0 Å². The number of hydrogen-bond donors (Lipinski definition) is 8. The highest BCUT2D eigenvalue weighted by molar-refractivity contribution is 8.03. The van der Waals surface area contributed by atoms with Gasteiger partial charge in [-0.05, 0) is 0 Å². The molecule has 0 saturated carbocycles. The van der Waals surface area contributed by atoms with Gasteiger partial charge in [-0.15, -0.1) is 25.3 Å². The average Bonchev–Trinajstić information content (AvgIpc) is 2.41. The number of ether oxygens (including phenoxy) is 1. The van der Waals surface area contributed by atoms with Gasteiger partial charge < -0.3 is 30.3 Å². The van der Waals surface area contributed by atoms with Crippen molar-refractivity contribution in [3.63, 3.8) is 0 Å². The molecular weight excluding hydrogens is 316 g/mol. The van der Waals surface area contributed by atoms with Gasteiger partial charge in [-0.1, -0.05) is 0 Å². The first-order valence-electron chi connectivity index (χ1n) is 5.23. The second-order valence-electron chi connectivity index (χ2n) is 3.87. The fourth-order valence-electron chi connectivity index (χ4n) is 1.00. The lowest BCUT2D eigenvalue weighted by molar-refractivity contribution is -0.156. The van der Waals surface area contributed by atoms with Crippen molar-refractivity contribution >= 4 is 43.9 Å². The lowest BCUT2D eigenvalue weighted by Crippen LogP contribution is -2.48. The summed E-state index contributed by atoms with van der Waals surface area (Å²) in [5.74, 6) is -0.902. The molecule has 0 aromatic rings. The van der Waals surface area contributed by atoms with Crippen LogP contribution < -0.4 is 0 Å². The maximum atomic E-state index is 11.4. The van der Waals surface area contributed by atoms with Gasteiger partial charge in [0.15, 0.2) is 4.08 Å². The molecule has 0 aliphatic carbocycles. The summed E-state index contributed by atoms with van der Waals surface area (Å²) in [4.78, 5) is 11.4. The topological polar surface area (TPSA) is 127 Å². The Hall–Kier alpha value is 0.320. The van der Waals surface area contributed by atoms with Crippen LogP contribution >= 0.6 is 37.9 Å². The first kappa shape index (κ1) is 19.3. The quantitative estimate of drug-likeness (QED) is 0.139. The summed E-state index contributed by atoms with van der Waals surface area (Å²) in [7, 11) is 0. The Bertz CT molecular complexity index is 289. The van der Waals surface area contributed by atoms with Gasteiger partial charge in [0.25, 0.3) is 0 Å². The standard InChI is InChI=1S/C9H18O7S3/c10-1-4(11)6(13)7(14)5(12)2-16-8(15)9(18,19)3-17/h4-7,10-14,17-19H,1-3H2/t4-,5+,6-,7-/m1/s1. The zero-order valence-electron chi connectivity index (χ0n) is 9.82. The Morgan fingerprint density at radius 2 is 1.58 bits per heavy atom. The van der Waals surface area contributed by atoms with Crippen LogP contribution in [0.15, 0.2) is 0 Å². The number of aliphatic hydroxyl groups excluding tert-OH is 5. The molecule has 0 aliphatic rings. The number of aliphatic hydroxyl groups is 5. The van der Waals surface area contributed by atoms with E-state index < -0.39 is 47.7 Å². The Labute approximate surface area is 126 Å². The second-order valence-corrected chi connectivity index (χ2v) is 6.07. The smallest absolute Gasteiger partial charge is 0.332 e. The third-order valence-corrected chi connectivity index (χ3v) is 3.91. The molecule has 0 amide bonds. The van der Waals surface area contributed by atoms with Gasteiger partial charge in [-0.2, -0.15) is 12.6 Å². The maximum Gasteiger partial charge on any atom is 0.332 e. The molecule has 0 aliphatic heterocycles. The van der Waals surface area contributed by atoms with E-state index in [1.165, 1.54) is 0 Å². The SMILES string of the molecule is O=C(OC[C@H](O)[C@@H](O)[C@H](O)[C@H](O)CO)C(S)(S)CS. The van der Waals surface area contributed by atoms with Gasteiger partial charge in [-0.25, -0.2) is 4.79 Å². The van der Waals surface area contributed by atoms with Crippen molar-refractivity contribution in [2.24, 2.45) is 0 Å².